The van der Waals surface area contributed by atoms with Crippen LogP contribution in [0.2, 0.25) is 5.02 Å². The molecule has 0 spiro atoms. The van der Waals surface area contributed by atoms with Crippen molar-refractivity contribution in [3.05, 3.63) is 94.0 Å². The fraction of sp³-hybridized carbons (Fsp3) is 0.417. The molecule has 0 bridgehead atoms. The monoisotopic (exact) mass is 633 g/mol. The minimum absolute atomic E-state index is 0.0392. The summed E-state index contributed by atoms with van der Waals surface area (Å²) in [5.41, 5.74) is 3.21. The van der Waals surface area contributed by atoms with Gasteiger partial charge in [0.1, 0.15) is 17.5 Å². The summed E-state index contributed by atoms with van der Waals surface area (Å²) in [4.78, 5) is 46.4. The number of halogens is 1. The van der Waals surface area contributed by atoms with Crippen LogP contribution in [-0.2, 0) is 22.4 Å². The van der Waals surface area contributed by atoms with Crippen LogP contribution in [0.1, 0.15) is 52.7 Å². The second kappa shape index (κ2) is 16.3. The van der Waals surface area contributed by atoms with Gasteiger partial charge in [0, 0.05) is 50.7 Å². The zero-order valence-electron chi connectivity index (χ0n) is 26.8. The van der Waals surface area contributed by atoms with Gasteiger partial charge in [-0.2, -0.15) is 0 Å². The second-order valence-electron chi connectivity index (χ2n) is 11.7. The third-order valence-corrected chi connectivity index (χ3v) is 8.51. The number of hydrogen-bond acceptors (Lipinski definition) is 5. The average molecular weight is 634 g/mol. The Labute approximate surface area is 271 Å². The lowest BCUT2D eigenvalue weighted by Crippen LogP contribution is -2.49. The van der Waals surface area contributed by atoms with Crippen LogP contribution in [0.3, 0.4) is 0 Å². The highest BCUT2D eigenvalue weighted by Gasteiger charge is 2.31. The van der Waals surface area contributed by atoms with Gasteiger partial charge < -0.3 is 24.2 Å². The summed E-state index contributed by atoms with van der Waals surface area (Å²) in [6, 6.07) is 19.8. The Morgan fingerprint density at radius 2 is 1.64 bits per heavy atom. The van der Waals surface area contributed by atoms with Gasteiger partial charge >= 0.3 is 0 Å². The maximum absolute atomic E-state index is 13.9. The van der Waals surface area contributed by atoms with Crippen LogP contribution in [0.25, 0.3) is 0 Å². The summed E-state index contributed by atoms with van der Waals surface area (Å²) in [7, 11) is 5.05. The number of aryl methyl sites for hydroxylation is 1. The number of ether oxygens (including phenoxy) is 2. The van der Waals surface area contributed by atoms with Crippen molar-refractivity contribution in [1.29, 1.82) is 0 Å². The van der Waals surface area contributed by atoms with E-state index in [1.165, 1.54) is 4.90 Å². The molecule has 4 rings (SSSR count). The molecule has 0 aliphatic carbocycles. The van der Waals surface area contributed by atoms with Crippen molar-refractivity contribution in [1.82, 2.24) is 14.7 Å². The summed E-state index contributed by atoms with van der Waals surface area (Å²) in [5.74, 6) is 0.679. The van der Waals surface area contributed by atoms with Gasteiger partial charge in [-0.15, -0.1) is 0 Å². The molecule has 0 saturated heterocycles. The molecule has 0 unspecified atom stereocenters. The molecule has 3 aromatic rings. The number of likely N-dealkylation sites (N-methyl/N-ethyl adjacent to an activating group) is 2. The number of methoxy groups -OCH3 is 1. The fourth-order valence-electron chi connectivity index (χ4n) is 5.64. The van der Waals surface area contributed by atoms with E-state index in [4.69, 9.17) is 21.1 Å². The molecule has 1 aliphatic heterocycles. The predicted octanol–water partition coefficient (Wildman–Crippen LogP) is 5.82. The molecule has 0 N–H and O–H groups in total. The van der Waals surface area contributed by atoms with E-state index in [0.29, 0.717) is 61.2 Å². The number of amides is 3. The minimum Gasteiger partial charge on any atom is -0.496 e. The van der Waals surface area contributed by atoms with Crippen LogP contribution in [0.5, 0.6) is 11.5 Å². The SMILES string of the molecule is COc1ccc(C)cc1CC(=O)N1CCCCOc2ccc(Cl)cc2C(=O)N(C)[C@@H](Cc2ccccc2)C(=O)N(C)CCCC1. The van der Waals surface area contributed by atoms with Crippen LogP contribution in [-0.4, -0.2) is 85.9 Å². The molecule has 1 aliphatic rings. The highest BCUT2D eigenvalue weighted by Crippen LogP contribution is 2.26. The molecular formula is C36H44ClN3O5. The summed E-state index contributed by atoms with van der Waals surface area (Å²) >= 11 is 6.32. The fourth-order valence-corrected chi connectivity index (χ4v) is 5.81. The van der Waals surface area contributed by atoms with Crippen molar-refractivity contribution in [2.45, 2.75) is 51.5 Å². The van der Waals surface area contributed by atoms with Gasteiger partial charge in [-0.25, -0.2) is 0 Å². The Bertz CT molecular complexity index is 1460. The quantitative estimate of drug-likeness (QED) is 0.354. The van der Waals surface area contributed by atoms with Gasteiger partial charge in [-0.05, 0) is 62.4 Å². The first-order valence-electron chi connectivity index (χ1n) is 15.6. The summed E-state index contributed by atoms with van der Waals surface area (Å²) in [6.07, 6.45) is 3.52. The first kappa shape index (κ1) is 33.8. The molecule has 0 radical (unpaired) electrons. The molecule has 8 nitrogen and oxygen atoms in total. The topological polar surface area (TPSA) is 79.4 Å². The van der Waals surface area contributed by atoms with Gasteiger partial charge in [0.2, 0.25) is 11.8 Å². The number of fused-ring (bicyclic) bond motifs is 1. The van der Waals surface area contributed by atoms with Gasteiger partial charge in [0.25, 0.3) is 5.91 Å². The van der Waals surface area contributed by atoms with Crippen LogP contribution in [0, 0.1) is 6.92 Å². The molecular weight excluding hydrogens is 590 g/mol. The van der Waals surface area contributed by atoms with Crippen molar-refractivity contribution in [3.63, 3.8) is 0 Å². The highest BCUT2D eigenvalue weighted by atomic mass is 35.5. The Morgan fingerprint density at radius 3 is 2.38 bits per heavy atom. The lowest BCUT2D eigenvalue weighted by molar-refractivity contribution is -0.135. The summed E-state index contributed by atoms with van der Waals surface area (Å²) in [6.45, 7) is 4.05. The maximum Gasteiger partial charge on any atom is 0.258 e. The predicted molar refractivity (Wildman–Crippen MR) is 177 cm³/mol. The first-order valence-corrected chi connectivity index (χ1v) is 16.0. The molecule has 240 valence electrons. The smallest absolute Gasteiger partial charge is 0.258 e. The van der Waals surface area contributed by atoms with E-state index in [1.807, 2.05) is 60.4 Å². The van der Waals surface area contributed by atoms with Crippen molar-refractivity contribution in [2.75, 3.05) is 47.4 Å². The normalized spacial score (nSPS) is 17.4. The van der Waals surface area contributed by atoms with E-state index in [2.05, 4.69) is 0 Å². The van der Waals surface area contributed by atoms with E-state index in [-0.39, 0.29) is 24.1 Å². The number of hydrogen-bond donors (Lipinski definition) is 0. The van der Waals surface area contributed by atoms with Gasteiger partial charge in [0.05, 0.1) is 25.7 Å². The maximum atomic E-state index is 13.9. The Balaban J connectivity index is 1.57. The number of carbonyl (C=O) groups is 3. The average Bonchev–Trinajstić information content (AvgIpc) is 3.04. The third kappa shape index (κ3) is 9.24. The van der Waals surface area contributed by atoms with Crippen LogP contribution in [0.15, 0.2) is 66.7 Å². The number of benzene rings is 3. The number of nitrogens with zero attached hydrogens (tertiary/aromatic N) is 3. The minimum atomic E-state index is -0.727. The summed E-state index contributed by atoms with van der Waals surface area (Å²) in [5, 5.41) is 0.410. The van der Waals surface area contributed by atoms with Crippen molar-refractivity contribution < 1.29 is 23.9 Å². The lowest BCUT2D eigenvalue weighted by Gasteiger charge is -2.31. The standard InChI is InChI=1S/C36H44ClN3O5/c1-26-14-16-32(44-4)28(22-26)24-34(41)40-19-9-8-18-38(2)36(43)31(23-27-12-6-5-7-13-27)39(3)35(42)30-25-29(37)15-17-33(30)45-21-11-10-20-40/h5-7,12-17,22,25,31H,8-11,18-21,23-24H2,1-4H3/t31-/m0/s1. The van der Waals surface area contributed by atoms with Crippen molar-refractivity contribution in [2.24, 2.45) is 0 Å². The Hall–Kier alpha value is -4.04. The van der Waals surface area contributed by atoms with E-state index in [9.17, 15) is 14.4 Å². The van der Waals surface area contributed by atoms with Crippen LogP contribution in [0.4, 0.5) is 0 Å². The van der Waals surface area contributed by atoms with Crippen LogP contribution >= 0.6 is 11.6 Å². The van der Waals surface area contributed by atoms with Crippen molar-refractivity contribution in [3.8, 4) is 11.5 Å². The molecule has 3 aromatic carbocycles. The molecule has 0 fully saturated rings. The summed E-state index contributed by atoms with van der Waals surface area (Å²) < 4.78 is 11.6. The zero-order valence-corrected chi connectivity index (χ0v) is 27.5. The zero-order chi connectivity index (χ0) is 32.3. The second-order valence-corrected chi connectivity index (χ2v) is 12.1. The molecule has 0 saturated carbocycles. The lowest BCUT2D eigenvalue weighted by atomic mass is 10.0. The van der Waals surface area contributed by atoms with Crippen molar-refractivity contribution >= 4 is 29.3 Å². The van der Waals surface area contributed by atoms with E-state index >= 15 is 0 Å². The molecule has 1 atom stereocenters. The van der Waals surface area contributed by atoms with Gasteiger partial charge in [-0.3, -0.25) is 14.4 Å². The molecule has 1 heterocycles. The first-order chi connectivity index (χ1) is 21.7. The largest absolute Gasteiger partial charge is 0.496 e. The van der Waals surface area contributed by atoms with Gasteiger partial charge in [-0.1, -0.05) is 59.6 Å². The Morgan fingerprint density at radius 1 is 0.933 bits per heavy atom. The molecule has 0 aromatic heterocycles. The molecule has 9 heteroatoms. The highest BCUT2D eigenvalue weighted by molar-refractivity contribution is 6.31. The number of carbonyl (C=O) groups excluding carboxylic acids is 3. The van der Waals surface area contributed by atoms with E-state index < -0.39 is 6.04 Å². The van der Waals surface area contributed by atoms with Gasteiger partial charge in [0.15, 0.2) is 0 Å². The number of rotatable bonds is 5. The Kier molecular flexibility index (Phi) is 12.3. The van der Waals surface area contributed by atoms with E-state index in [1.54, 1.807) is 44.3 Å². The van der Waals surface area contributed by atoms with Crippen LogP contribution < -0.4 is 9.47 Å². The third-order valence-electron chi connectivity index (χ3n) is 8.27. The molecule has 45 heavy (non-hydrogen) atoms. The van der Waals surface area contributed by atoms with E-state index in [0.717, 1.165) is 36.0 Å². The molecule has 3 amide bonds.